The molecule has 0 unspecified atom stereocenters. The summed E-state index contributed by atoms with van der Waals surface area (Å²) < 4.78 is 43.1. The summed E-state index contributed by atoms with van der Waals surface area (Å²) in [4.78, 5) is 26.6. The maximum atomic E-state index is 13.0. The van der Waals surface area contributed by atoms with Gasteiger partial charge in [0.2, 0.25) is 15.9 Å². The van der Waals surface area contributed by atoms with Gasteiger partial charge >= 0.3 is 5.97 Å². The normalized spacial score (nSPS) is 18.4. The fourth-order valence-electron chi connectivity index (χ4n) is 4.07. The van der Waals surface area contributed by atoms with Crippen LogP contribution in [0.25, 0.3) is 0 Å². The van der Waals surface area contributed by atoms with Crippen LogP contribution in [0.1, 0.15) is 31.7 Å². The number of piperidine rings is 1. The molecule has 10 heteroatoms. The number of sulfonamides is 1. The van der Waals surface area contributed by atoms with E-state index in [1.807, 2.05) is 0 Å². The second-order valence-corrected chi connectivity index (χ2v) is 9.84. The van der Waals surface area contributed by atoms with E-state index in [0.29, 0.717) is 76.6 Å². The summed E-state index contributed by atoms with van der Waals surface area (Å²) in [5.41, 5.74) is 0.677. The second kappa shape index (κ2) is 11.1. The molecule has 1 aromatic rings. The Balaban J connectivity index is 1.62. The minimum Gasteiger partial charge on any atom is -0.496 e. The summed E-state index contributed by atoms with van der Waals surface area (Å²) in [5.74, 6) is 0.194. The Morgan fingerprint density at radius 2 is 1.81 bits per heavy atom. The van der Waals surface area contributed by atoms with Crippen LogP contribution in [0.5, 0.6) is 5.75 Å². The molecule has 2 saturated heterocycles. The van der Waals surface area contributed by atoms with Gasteiger partial charge in [-0.2, -0.15) is 4.31 Å². The zero-order chi connectivity index (χ0) is 23.1. The van der Waals surface area contributed by atoms with Gasteiger partial charge in [-0.3, -0.25) is 9.59 Å². The highest BCUT2D eigenvalue weighted by Gasteiger charge is 2.29. The van der Waals surface area contributed by atoms with Crippen molar-refractivity contribution in [1.82, 2.24) is 9.21 Å². The predicted octanol–water partition coefficient (Wildman–Crippen LogP) is 1.45. The highest BCUT2D eigenvalue weighted by atomic mass is 32.2. The number of esters is 1. The van der Waals surface area contributed by atoms with Crippen molar-refractivity contribution in [2.24, 2.45) is 5.92 Å². The molecule has 178 valence electrons. The average Bonchev–Trinajstić information content (AvgIpc) is 2.83. The van der Waals surface area contributed by atoms with Crippen molar-refractivity contribution >= 4 is 21.9 Å². The summed E-state index contributed by atoms with van der Waals surface area (Å²) in [7, 11) is -2.10. The van der Waals surface area contributed by atoms with Crippen molar-refractivity contribution in [2.45, 2.75) is 37.5 Å². The lowest BCUT2D eigenvalue weighted by Gasteiger charge is -2.31. The summed E-state index contributed by atoms with van der Waals surface area (Å²) in [6, 6.07) is 4.77. The minimum atomic E-state index is -3.63. The van der Waals surface area contributed by atoms with Crippen LogP contribution in [-0.2, 0) is 35.5 Å². The molecule has 2 fully saturated rings. The zero-order valence-electron chi connectivity index (χ0n) is 18.7. The molecule has 0 aliphatic carbocycles. The van der Waals surface area contributed by atoms with E-state index in [4.69, 9.17) is 14.2 Å². The number of carbonyl (C=O) groups excluding carboxylic acids is 2. The van der Waals surface area contributed by atoms with Gasteiger partial charge in [-0.15, -0.1) is 0 Å². The fourth-order valence-corrected chi connectivity index (χ4v) is 5.53. The monoisotopic (exact) mass is 468 g/mol. The lowest BCUT2D eigenvalue weighted by molar-refractivity contribution is -0.151. The molecule has 2 aliphatic heterocycles. The zero-order valence-corrected chi connectivity index (χ0v) is 19.6. The average molecular weight is 469 g/mol. The van der Waals surface area contributed by atoms with Crippen molar-refractivity contribution in [3.8, 4) is 5.75 Å². The number of rotatable bonds is 8. The highest BCUT2D eigenvalue weighted by molar-refractivity contribution is 7.89. The highest BCUT2D eigenvalue weighted by Crippen LogP contribution is 2.27. The summed E-state index contributed by atoms with van der Waals surface area (Å²) in [6.45, 7) is 4.59. The van der Waals surface area contributed by atoms with Gasteiger partial charge in [-0.25, -0.2) is 8.42 Å². The van der Waals surface area contributed by atoms with Crippen LogP contribution in [0.2, 0.25) is 0 Å². The number of likely N-dealkylation sites (tertiary alicyclic amines) is 1. The van der Waals surface area contributed by atoms with Gasteiger partial charge in [-0.05, 0) is 49.9 Å². The Bertz CT molecular complexity index is 905. The van der Waals surface area contributed by atoms with Gasteiger partial charge in [0.25, 0.3) is 0 Å². The number of benzene rings is 1. The molecular formula is C22H32N2O7S. The molecule has 0 saturated carbocycles. The van der Waals surface area contributed by atoms with Crippen molar-refractivity contribution in [3.05, 3.63) is 23.8 Å². The van der Waals surface area contributed by atoms with E-state index in [-0.39, 0.29) is 29.1 Å². The number of ether oxygens (including phenoxy) is 3. The molecule has 0 N–H and O–H groups in total. The van der Waals surface area contributed by atoms with E-state index in [9.17, 15) is 18.0 Å². The molecule has 9 nitrogen and oxygen atoms in total. The van der Waals surface area contributed by atoms with Gasteiger partial charge in [0.05, 0.1) is 37.7 Å². The van der Waals surface area contributed by atoms with E-state index in [2.05, 4.69) is 0 Å². The lowest BCUT2D eigenvalue weighted by Crippen LogP contribution is -2.41. The Morgan fingerprint density at radius 1 is 1.12 bits per heavy atom. The predicted molar refractivity (Wildman–Crippen MR) is 117 cm³/mol. The number of morpholine rings is 1. The minimum absolute atomic E-state index is 0.0178. The van der Waals surface area contributed by atoms with E-state index in [1.165, 1.54) is 17.5 Å². The number of aryl methyl sites for hydroxylation is 1. The van der Waals surface area contributed by atoms with Crippen LogP contribution in [0.4, 0.5) is 0 Å². The van der Waals surface area contributed by atoms with Gasteiger partial charge in [0, 0.05) is 32.6 Å². The van der Waals surface area contributed by atoms with E-state index < -0.39 is 10.0 Å². The molecule has 2 heterocycles. The largest absolute Gasteiger partial charge is 0.496 e. The summed E-state index contributed by atoms with van der Waals surface area (Å²) >= 11 is 0. The number of nitrogens with zero attached hydrogens (tertiary/aromatic N) is 2. The molecule has 0 radical (unpaired) electrons. The van der Waals surface area contributed by atoms with E-state index >= 15 is 0 Å². The maximum Gasteiger partial charge on any atom is 0.309 e. The topological polar surface area (TPSA) is 102 Å². The van der Waals surface area contributed by atoms with Gasteiger partial charge in [0.15, 0.2) is 0 Å². The molecule has 0 spiro atoms. The first-order valence-electron chi connectivity index (χ1n) is 11.1. The molecule has 1 aromatic carbocycles. The maximum absolute atomic E-state index is 13.0. The van der Waals surface area contributed by atoms with Crippen LogP contribution >= 0.6 is 0 Å². The Hall–Kier alpha value is -2.17. The van der Waals surface area contributed by atoms with E-state index in [0.717, 1.165) is 0 Å². The standard InChI is InChI=1S/C22H32N2O7S/c1-3-31-22(26)17-8-10-23(11-9-17)21(25)7-4-18-16-19(5-6-20(18)29-2)32(27,28)24-12-14-30-15-13-24/h5-6,16-17H,3-4,7-15H2,1-2H3. The van der Waals surface area contributed by atoms with Gasteiger partial charge in [0.1, 0.15) is 5.75 Å². The molecule has 32 heavy (non-hydrogen) atoms. The van der Waals surface area contributed by atoms with Crippen LogP contribution < -0.4 is 4.74 Å². The number of amides is 1. The third kappa shape index (κ3) is 5.79. The third-order valence-corrected chi connectivity index (χ3v) is 7.83. The van der Waals surface area contributed by atoms with Crippen molar-refractivity contribution < 1.29 is 32.2 Å². The smallest absolute Gasteiger partial charge is 0.309 e. The van der Waals surface area contributed by atoms with Gasteiger partial charge < -0.3 is 19.1 Å². The Labute approximate surface area is 189 Å². The van der Waals surface area contributed by atoms with Crippen molar-refractivity contribution in [2.75, 3.05) is 53.1 Å². The fraction of sp³-hybridized carbons (Fsp3) is 0.636. The number of hydrogen-bond acceptors (Lipinski definition) is 7. The first kappa shape index (κ1) is 24.5. The third-order valence-electron chi connectivity index (χ3n) is 5.94. The van der Waals surface area contributed by atoms with E-state index in [1.54, 1.807) is 24.0 Å². The Morgan fingerprint density at radius 3 is 2.44 bits per heavy atom. The number of methoxy groups -OCH3 is 1. The van der Waals surface area contributed by atoms with Crippen molar-refractivity contribution in [1.29, 1.82) is 0 Å². The first-order valence-corrected chi connectivity index (χ1v) is 12.5. The molecule has 2 aliphatic rings. The molecular weight excluding hydrogens is 436 g/mol. The summed E-state index contributed by atoms with van der Waals surface area (Å²) in [6.07, 6.45) is 1.80. The van der Waals surface area contributed by atoms with Crippen molar-refractivity contribution in [3.63, 3.8) is 0 Å². The molecule has 0 aromatic heterocycles. The second-order valence-electron chi connectivity index (χ2n) is 7.90. The number of carbonyl (C=O) groups is 2. The van der Waals surface area contributed by atoms with Crippen LogP contribution in [0.3, 0.4) is 0 Å². The summed E-state index contributed by atoms with van der Waals surface area (Å²) in [5, 5.41) is 0. The first-order chi connectivity index (χ1) is 15.4. The van der Waals surface area contributed by atoms with Crippen LogP contribution in [0.15, 0.2) is 23.1 Å². The Kier molecular flexibility index (Phi) is 8.50. The SMILES string of the molecule is CCOC(=O)C1CCN(C(=O)CCc2cc(S(=O)(=O)N3CCOCC3)ccc2OC)CC1. The molecule has 3 rings (SSSR count). The van der Waals surface area contributed by atoms with Crippen LogP contribution in [-0.4, -0.2) is 82.6 Å². The van der Waals surface area contributed by atoms with Gasteiger partial charge in [-0.1, -0.05) is 0 Å². The quantitative estimate of drug-likeness (QED) is 0.532. The molecule has 1 amide bonds. The lowest BCUT2D eigenvalue weighted by atomic mass is 9.96. The number of hydrogen-bond donors (Lipinski definition) is 0. The molecule has 0 atom stereocenters. The molecule has 0 bridgehead atoms. The van der Waals surface area contributed by atoms with Crippen LogP contribution in [0, 0.1) is 5.92 Å².